The maximum Gasteiger partial charge on any atom is 0.305 e. The summed E-state index contributed by atoms with van der Waals surface area (Å²) in [5, 5.41) is 3.59. The van der Waals surface area contributed by atoms with Crippen LogP contribution in [-0.2, 0) is 6.54 Å². The van der Waals surface area contributed by atoms with Gasteiger partial charge < -0.3 is 9.73 Å². The Morgan fingerprint density at radius 1 is 1.08 bits per heavy atom. The highest BCUT2D eigenvalue weighted by atomic mass is 32.1. The van der Waals surface area contributed by atoms with E-state index in [1.807, 2.05) is 0 Å². The van der Waals surface area contributed by atoms with Crippen molar-refractivity contribution in [3.8, 4) is 0 Å². The van der Waals surface area contributed by atoms with Crippen molar-refractivity contribution in [2.75, 3.05) is 0 Å². The fourth-order valence-corrected chi connectivity index (χ4v) is 2.53. The van der Waals surface area contributed by atoms with Crippen molar-refractivity contribution in [2.24, 2.45) is 0 Å². The molecule has 0 saturated carbocycles. The van der Waals surface area contributed by atoms with E-state index in [1.165, 1.54) is 30.3 Å². The number of rotatable bonds is 3. The molecule has 1 amide bonds. The molecule has 26 heavy (non-hydrogen) atoms. The second-order valence-electron chi connectivity index (χ2n) is 5.58. The predicted octanol–water partition coefficient (Wildman–Crippen LogP) is 3.33. The molecule has 0 aliphatic heterocycles. The Kier molecular flexibility index (Phi) is 5.13. The third kappa shape index (κ3) is 3.97. The molecule has 5 nitrogen and oxygen atoms in total. The quantitative estimate of drug-likeness (QED) is 0.484. The Labute approximate surface area is 153 Å². The number of nitrogens with one attached hydrogen (secondary N) is 3. The van der Waals surface area contributed by atoms with Crippen LogP contribution in [0.4, 0.5) is 8.78 Å². The van der Waals surface area contributed by atoms with Gasteiger partial charge in [0.25, 0.3) is 0 Å². The molecule has 134 valence electrons. The van der Waals surface area contributed by atoms with E-state index in [4.69, 9.17) is 16.6 Å². The van der Waals surface area contributed by atoms with Crippen molar-refractivity contribution in [1.82, 2.24) is 16.2 Å². The first-order valence-electron chi connectivity index (χ1n) is 7.71. The Bertz CT molecular complexity index is 970. The number of carbonyl (C=O) groups is 1. The van der Waals surface area contributed by atoms with Crippen LogP contribution in [0, 0.1) is 18.6 Å². The molecule has 1 aromatic heterocycles. The fraction of sp³-hybridized carbons (Fsp3) is 0.111. The minimum atomic E-state index is -0.537. The van der Waals surface area contributed by atoms with Gasteiger partial charge in [-0.15, -0.1) is 0 Å². The molecular formula is C18H15F2N3O2S. The molecule has 8 heteroatoms. The zero-order valence-corrected chi connectivity index (χ0v) is 14.5. The Balaban J connectivity index is 1.57. The maximum absolute atomic E-state index is 13.3. The molecule has 0 unspecified atom stereocenters. The van der Waals surface area contributed by atoms with Gasteiger partial charge in [0.15, 0.2) is 10.9 Å². The molecule has 0 aliphatic rings. The van der Waals surface area contributed by atoms with Gasteiger partial charge in [0, 0.05) is 17.5 Å². The molecule has 3 aromatic rings. The monoisotopic (exact) mass is 375 g/mol. The second kappa shape index (κ2) is 7.49. The van der Waals surface area contributed by atoms with Gasteiger partial charge in [0.1, 0.15) is 17.2 Å². The van der Waals surface area contributed by atoms with Crippen LogP contribution < -0.4 is 16.2 Å². The van der Waals surface area contributed by atoms with E-state index in [0.717, 1.165) is 5.56 Å². The molecule has 0 aliphatic carbocycles. The minimum absolute atomic E-state index is 0.0689. The molecule has 0 spiro atoms. The first kappa shape index (κ1) is 17.8. The second-order valence-corrected chi connectivity index (χ2v) is 5.99. The maximum atomic E-state index is 13.3. The molecule has 0 saturated heterocycles. The van der Waals surface area contributed by atoms with E-state index in [1.54, 1.807) is 19.1 Å². The summed E-state index contributed by atoms with van der Waals surface area (Å²) in [6.45, 7) is 2.04. The third-order valence-electron chi connectivity index (χ3n) is 3.76. The number of furan rings is 1. The van der Waals surface area contributed by atoms with E-state index in [2.05, 4.69) is 16.2 Å². The highest BCUT2D eigenvalue weighted by Crippen LogP contribution is 2.25. The lowest BCUT2D eigenvalue weighted by Gasteiger charge is -2.11. The van der Waals surface area contributed by atoms with Gasteiger partial charge in [0.05, 0.1) is 0 Å². The van der Waals surface area contributed by atoms with Crippen LogP contribution in [0.15, 0.2) is 46.9 Å². The lowest BCUT2D eigenvalue weighted by molar-refractivity contribution is 0.0917. The van der Waals surface area contributed by atoms with Crippen molar-refractivity contribution >= 4 is 34.2 Å². The average molecular weight is 375 g/mol. The minimum Gasteiger partial charge on any atom is -0.451 e. The van der Waals surface area contributed by atoms with E-state index in [0.29, 0.717) is 23.1 Å². The molecule has 0 bridgehead atoms. The number of hydrogen-bond donors (Lipinski definition) is 3. The topological polar surface area (TPSA) is 66.3 Å². The SMILES string of the molecule is Cc1c(C(=O)NNC(=S)NCc2ccc(F)cc2)oc2ccc(F)cc12. The number of fused-ring (bicyclic) bond motifs is 1. The third-order valence-corrected chi connectivity index (χ3v) is 4.01. The molecule has 0 fully saturated rings. The van der Waals surface area contributed by atoms with Crippen LogP contribution in [-0.4, -0.2) is 11.0 Å². The van der Waals surface area contributed by atoms with Crippen LogP contribution in [0.1, 0.15) is 21.7 Å². The van der Waals surface area contributed by atoms with Crippen LogP contribution in [0.25, 0.3) is 11.0 Å². The van der Waals surface area contributed by atoms with Crippen LogP contribution in [0.3, 0.4) is 0 Å². The number of benzene rings is 2. The van der Waals surface area contributed by atoms with E-state index in [-0.39, 0.29) is 16.7 Å². The van der Waals surface area contributed by atoms with Gasteiger partial charge in [-0.05, 0) is 55.0 Å². The van der Waals surface area contributed by atoms with Gasteiger partial charge in [-0.1, -0.05) is 12.1 Å². The summed E-state index contributed by atoms with van der Waals surface area (Å²) in [6, 6.07) is 10.00. The molecule has 1 heterocycles. The van der Waals surface area contributed by atoms with Crippen molar-refractivity contribution < 1.29 is 18.0 Å². The Morgan fingerprint density at radius 3 is 2.50 bits per heavy atom. The number of thiocarbonyl (C=S) groups is 1. The molecule has 0 atom stereocenters. The predicted molar refractivity (Wildman–Crippen MR) is 97.3 cm³/mol. The summed E-state index contributed by atoms with van der Waals surface area (Å²) < 4.78 is 31.6. The Morgan fingerprint density at radius 2 is 1.77 bits per heavy atom. The fourth-order valence-electron chi connectivity index (χ4n) is 2.41. The van der Waals surface area contributed by atoms with Crippen LogP contribution >= 0.6 is 12.2 Å². The lowest BCUT2D eigenvalue weighted by Crippen LogP contribution is -2.46. The van der Waals surface area contributed by atoms with Crippen molar-refractivity contribution in [3.63, 3.8) is 0 Å². The van der Waals surface area contributed by atoms with Gasteiger partial charge in [0.2, 0.25) is 0 Å². The zero-order valence-electron chi connectivity index (χ0n) is 13.7. The first-order valence-corrected chi connectivity index (χ1v) is 8.12. The molecule has 3 rings (SSSR count). The summed E-state index contributed by atoms with van der Waals surface area (Å²) in [6.07, 6.45) is 0. The van der Waals surface area contributed by atoms with Crippen molar-refractivity contribution in [2.45, 2.75) is 13.5 Å². The van der Waals surface area contributed by atoms with Crippen molar-refractivity contribution in [1.29, 1.82) is 0 Å². The smallest absolute Gasteiger partial charge is 0.305 e. The summed E-state index contributed by atoms with van der Waals surface area (Å²) in [4.78, 5) is 12.2. The summed E-state index contributed by atoms with van der Waals surface area (Å²) in [5.41, 5.74) is 6.76. The Hall–Kier alpha value is -3.00. The highest BCUT2D eigenvalue weighted by molar-refractivity contribution is 7.80. The van der Waals surface area contributed by atoms with Gasteiger partial charge >= 0.3 is 5.91 Å². The lowest BCUT2D eigenvalue weighted by atomic mass is 10.1. The van der Waals surface area contributed by atoms with Gasteiger partial charge in [-0.25, -0.2) is 8.78 Å². The number of hydrazine groups is 1. The van der Waals surface area contributed by atoms with Gasteiger partial charge in [-0.3, -0.25) is 15.6 Å². The van der Waals surface area contributed by atoms with E-state index < -0.39 is 11.7 Å². The highest BCUT2D eigenvalue weighted by Gasteiger charge is 2.18. The normalized spacial score (nSPS) is 10.6. The number of hydrogen-bond acceptors (Lipinski definition) is 3. The molecule has 0 radical (unpaired) electrons. The summed E-state index contributed by atoms with van der Waals surface area (Å²) in [7, 11) is 0. The van der Waals surface area contributed by atoms with Crippen LogP contribution in [0.2, 0.25) is 0 Å². The first-order chi connectivity index (χ1) is 12.4. The van der Waals surface area contributed by atoms with Crippen LogP contribution in [0.5, 0.6) is 0 Å². The number of amides is 1. The number of aryl methyl sites for hydroxylation is 1. The average Bonchev–Trinajstić information content (AvgIpc) is 2.95. The zero-order chi connectivity index (χ0) is 18.7. The number of carbonyl (C=O) groups excluding carboxylic acids is 1. The summed E-state index contributed by atoms with van der Waals surface area (Å²) >= 11 is 5.07. The van der Waals surface area contributed by atoms with Crippen molar-refractivity contribution in [3.05, 3.63) is 71.0 Å². The standard InChI is InChI=1S/C18H15F2N3O2S/c1-10-14-8-13(20)6-7-15(14)25-16(10)17(24)22-23-18(26)21-9-11-2-4-12(19)5-3-11/h2-8H,9H2,1H3,(H,22,24)(H2,21,23,26). The van der Waals surface area contributed by atoms with Gasteiger partial charge in [-0.2, -0.15) is 0 Å². The van der Waals surface area contributed by atoms with E-state index >= 15 is 0 Å². The van der Waals surface area contributed by atoms with E-state index in [9.17, 15) is 13.6 Å². The molecular weight excluding hydrogens is 360 g/mol. The molecule has 2 aromatic carbocycles. The largest absolute Gasteiger partial charge is 0.451 e. The molecule has 3 N–H and O–H groups in total. The number of halogens is 2. The summed E-state index contributed by atoms with van der Waals surface area (Å²) in [5.74, 6) is -1.19.